The number of halogens is 1. The van der Waals surface area contributed by atoms with Crippen LogP contribution in [0, 0.1) is 6.92 Å². The van der Waals surface area contributed by atoms with E-state index in [4.69, 9.17) is 0 Å². The summed E-state index contributed by atoms with van der Waals surface area (Å²) in [6.07, 6.45) is 4.57. The Morgan fingerprint density at radius 2 is 2.39 bits per heavy atom. The molecule has 0 bridgehead atoms. The van der Waals surface area contributed by atoms with Crippen molar-refractivity contribution in [2.75, 3.05) is 5.32 Å². The Morgan fingerprint density at radius 3 is 3.00 bits per heavy atom. The number of carbonyl (C=O) groups excluding carboxylic acids is 1. The Hall–Kier alpha value is -1.56. The van der Waals surface area contributed by atoms with E-state index in [2.05, 4.69) is 38.4 Å². The van der Waals surface area contributed by atoms with Crippen molar-refractivity contribution in [2.24, 2.45) is 0 Å². The van der Waals surface area contributed by atoms with Gasteiger partial charge in [0, 0.05) is 22.8 Å². The second-order valence-electron chi connectivity index (χ2n) is 4.12. The highest BCUT2D eigenvalue weighted by molar-refractivity contribution is 9.10. The summed E-state index contributed by atoms with van der Waals surface area (Å²) in [5.41, 5.74) is 1.55. The molecule has 0 aliphatic rings. The molecule has 0 atom stereocenters. The lowest BCUT2D eigenvalue weighted by Crippen LogP contribution is -2.17. The zero-order valence-electron chi connectivity index (χ0n) is 10.3. The molecule has 0 aliphatic carbocycles. The smallest absolute Gasteiger partial charge is 0.273 e. The minimum atomic E-state index is -0.137. The Balaban J connectivity index is 2.21. The molecular weight excluding hydrogens is 296 g/mol. The largest absolute Gasteiger partial charge is 0.342 e. The molecule has 1 amide bonds. The molecule has 2 rings (SSSR count). The molecule has 0 aliphatic heterocycles. The second-order valence-corrected chi connectivity index (χ2v) is 5.03. The van der Waals surface area contributed by atoms with E-state index in [1.807, 2.05) is 23.8 Å². The van der Waals surface area contributed by atoms with E-state index in [1.165, 1.54) is 0 Å². The third kappa shape index (κ3) is 2.64. The van der Waals surface area contributed by atoms with Crippen molar-refractivity contribution in [1.82, 2.24) is 14.8 Å². The van der Waals surface area contributed by atoms with Crippen LogP contribution in [-0.4, -0.2) is 20.7 Å². The third-order valence-electron chi connectivity index (χ3n) is 2.63. The van der Waals surface area contributed by atoms with Gasteiger partial charge in [0.1, 0.15) is 11.5 Å². The maximum Gasteiger partial charge on any atom is 0.273 e. The van der Waals surface area contributed by atoms with E-state index >= 15 is 0 Å². The molecule has 2 aromatic rings. The summed E-state index contributed by atoms with van der Waals surface area (Å²) in [6.45, 7) is 4.78. The molecule has 18 heavy (non-hydrogen) atoms. The molecule has 5 nitrogen and oxygen atoms in total. The Kier molecular flexibility index (Phi) is 3.86. The van der Waals surface area contributed by atoms with Gasteiger partial charge in [0.25, 0.3) is 5.91 Å². The van der Waals surface area contributed by atoms with Crippen LogP contribution < -0.4 is 5.32 Å². The first-order chi connectivity index (χ1) is 8.61. The number of nitrogens with zero attached hydrogens (tertiary/aromatic N) is 2. The summed E-state index contributed by atoms with van der Waals surface area (Å²) in [5, 5.41) is 9.46. The van der Waals surface area contributed by atoms with Crippen molar-refractivity contribution in [3.63, 3.8) is 0 Å². The Bertz CT molecular complexity index is 558. The number of carbonyl (C=O) groups is 1. The fourth-order valence-electron chi connectivity index (χ4n) is 1.74. The van der Waals surface area contributed by atoms with E-state index in [1.54, 1.807) is 6.20 Å². The number of amides is 1. The van der Waals surface area contributed by atoms with Crippen LogP contribution in [0.15, 0.2) is 22.9 Å². The van der Waals surface area contributed by atoms with Gasteiger partial charge >= 0.3 is 0 Å². The number of anilines is 1. The van der Waals surface area contributed by atoms with E-state index < -0.39 is 0 Å². The zero-order chi connectivity index (χ0) is 13.1. The summed E-state index contributed by atoms with van der Waals surface area (Å²) in [5.74, 6) is 0.502. The molecule has 2 heterocycles. The van der Waals surface area contributed by atoms with Gasteiger partial charge in [0.05, 0.1) is 6.20 Å². The molecule has 0 spiro atoms. The van der Waals surface area contributed by atoms with Crippen molar-refractivity contribution in [3.8, 4) is 0 Å². The molecule has 0 saturated carbocycles. The monoisotopic (exact) mass is 310 g/mol. The lowest BCUT2D eigenvalue weighted by atomic mass is 10.3. The summed E-state index contributed by atoms with van der Waals surface area (Å²) >= 11 is 3.39. The SMILES string of the molecule is CCCn1cc(Br)cc1C(=O)Nc1[nH]ncc1C. The highest BCUT2D eigenvalue weighted by Gasteiger charge is 2.14. The highest BCUT2D eigenvalue weighted by Crippen LogP contribution is 2.17. The van der Waals surface area contributed by atoms with Gasteiger partial charge in [-0.3, -0.25) is 9.89 Å². The summed E-state index contributed by atoms with van der Waals surface area (Å²) < 4.78 is 2.84. The van der Waals surface area contributed by atoms with Crippen LogP contribution in [0.1, 0.15) is 29.4 Å². The van der Waals surface area contributed by atoms with Crippen LogP contribution in [0.25, 0.3) is 0 Å². The van der Waals surface area contributed by atoms with Crippen molar-refractivity contribution < 1.29 is 4.79 Å². The standard InChI is InChI=1S/C12H15BrN4O/c1-3-4-17-7-9(13)5-10(17)12(18)15-11-8(2)6-14-16-11/h5-7H,3-4H2,1-2H3,(H2,14,15,16,18). The zero-order valence-corrected chi connectivity index (χ0v) is 11.9. The molecule has 0 aromatic carbocycles. The molecule has 0 fully saturated rings. The van der Waals surface area contributed by atoms with E-state index in [-0.39, 0.29) is 5.91 Å². The average molecular weight is 311 g/mol. The normalized spacial score (nSPS) is 10.6. The van der Waals surface area contributed by atoms with Gasteiger partial charge in [-0.15, -0.1) is 0 Å². The van der Waals surface area contributed by atoms with Crippen molar-refractivity contribution >= 4 is 27.7 Å². The average Bonchev–Trinajstić information content (AvgIpc) is 2.87. The fraction of sp³-hybridized carbons (Fsp3) is 0.333. The first kappa shape index (κ1) is 12.9. The Labute approximate surface area is 114 Å². The topological polar surface area (TPSA) is 62.7 Å². The predicted octanol–water partition coefficient (Wildman–Crippen LogP) is 2.94. The fourth-order valence-corrected chi connectivity index (χ4v) is 2.21. The number of nitrogens with one attached hydrogen (secondary N) is 2. The summed E-state index contributed by atoms with van der Waals surface area (Å²) in [4.78, 5) is 12.2. The third-order valence-corrected chi connectivity index (χ3v) is 3.06. The molecule has 96 valence electrons. The highest BCUT2D eigenvalue weighted by atomic mass is 79.9. The van der Waals surface area contributed by atoms with Gasteiger partial charge < -0.3 is 9.88 Å². The van der Waals surface area contributed by atoms with Crippen LogP contribution in [0.4, 0.5) is 5.82 Å². The predicted molar refractivity (Wildman–Crippen MR) is 73.7 cm³/mol. The minimum Gasteiger partial charge on any atom is -0.342 e. The summed E-state index contributed by atoms with van der Waals surface area (Å²) in [6, 6.07) is 1.82. The number of hydrogen-bond donors (Lipinski definition) is 2. The maximum atomic E-state index is 12.2. The summed E-state index contributed by atoms with van der Waals surface area (Å²) in [7, 11) is 0. The lowest BCUT2D eigenvalue weighted by Gasteiger charge is -2.07. The molecule has 2 N–H and O–H groups in total. The van der Waals surface area contributed by atoms with Crippen molar-refractivity contribution in [2.45, 2.75) is 26.8 Å². The van der Waals surface area contributed by atoms with Crippen molar-refractivity contribution in [3.05, 3.63) is 34.2 Å². The van der Waals surface area contributed by atoms with Gasteiger partial charge in [-0.1, -0.05) is 6.92 Å². The first-order valence-corrected chi connectivity index (χ1v) is 6.58. The van der Waals surface area contributed by atoms with Crippen LogP contribution in [0.2, 0.25) is 0 Å². The van der Waals surface area contributed by atoms with Gasteiger partial charge in [-0.05, 0) is 35.3 Å². The van der Waals surface area contributed by atoms with Crippen LogP contribution in [0.3, 0.4) is 0 Å². The number of hydrogen-bond acceptors (Lipinski definition) is 2. The van der Waals surface area contributed by atoms with Gasteiger partial charge in [-0.25, -0.2) is 0 Å². The quantitative estimate of drug-likeness (QED) is 0.912. The van der Waals surface area contributed by atoms with E-state index in [0.29, 0.717) is 11.5 Å². The van der Waals surface area contributed by atoms with E-state index in [0.717, 1.165) is 23.0 Å². The number of H-pyrrole nitrogens is 1. The van der Waals surface area contributed by atoms with Crippen molar-refractivity contribution in [1.29, 1.82) is 0 Å². The number of aromatic amines is 1. The molecule has 2 aromatic heterocycles. The van der Waals surface area contributed by atoms with Crippen LogP contribution in [-0.2, 0) is 6.54 Å². The maximum absolute atomic E-state index is 12.2. The number of aromatic nitrogens is 3. The van der Waals surface area contributed by atoms with Gasteiger partial charge in [0.2, 0.25) is 0 Å². The van der Waals surface area contributed by atoms with Crippen LogP contribution >= 0.6 is 15.9 Å². The molecular formula is C12H15BrN4O. The first-order valence-electron chi connectivity index (χ1n) is 5.78. The molecule has 0 saturated heterocycles. The minimum absolute atomic E-state index is 0.137. The van der Waals surface area contributed by atoms with Crippen LogP contribution in [0.5, 0.6) is 0 Å². The number of aryl methyl sites for hydroxylation is 2. The molecule has 0 unspecified atom stereocenters. The molecule has 0 radical (unpaired) electrons. The number of rotatable bonds is 4. The van der Waals surface area contributed by atoms with E-state index in [9.17, 15) is 4.79 Å². The lowest BCUT2D eigenvalue weighted by molar-refractivity contribution is 0.101. The molecule has 6 heteroatoms. The van der Waals surface area contributed by atoms with Gasteiger partial charge in [-0.2, -0.15) is 5.10 Å². The Morgan fingerprint density at radius 1 is 1.61 bits per heavy atom. The van der Waals surface area contributed by atoms with Gasteiger partial charge in [0.15, 0.2) is 0 Å². The second kappa shape index (κ2) is 5.39.